The first kappa shape index (κ1) is 27.3. The SMILES string of the molecule is CN1CCN(c2ccc(B3OC(C)(C)C(C)(C)O3)cn2)CC1.CN1CCN(c2ccc(Br)cn2)CC1. The van der Waals surface area contributed by atoms with Crippen molar-refractivity contribution in [3.8, 4) is 0 Å². The van der Waals surface area contributed by atoms with Gasteiger partial charge in [-0.3, -0.25) is 0 Å². The quantitative estimate of drug-likeness (QED) is 0.533. The maximum absolute atomic E-state index is 6.07. The van der Waals surface area contributed by atoms with E-state index in [-0.39, 0.29) is 18.3 Å². The number of piperazine rings is 2. The maximum atomic E-state index is 6.07. The second kappa shape index (κ2) is 11.4. The average Bonchev–Trinajstić information content (AvgIpc) is 3.08. The van der Waals surface area contributed by atoms with Gasteiger partial charge in [-0.25, -0.2) is 9.97 Å². The fourth-order valence-electron chi connectivity index (χ4n) is 4.33. The van der Waals surface area contributed by atoms with E-state index < -0.39 is 0 Å². The van der Waals surface area contributed by atoms with Crippen LogP contribution in [0.5, 0.6) is 0 Å². The second-order valence-corrected chi connectivity index (χ2v) is 11.9. The van der Waals surface area contributed by atoms with Gasteiger partial charge in [0.15, 0.2) is 0 Å². The van der Waals surface area contributed by atoms with Gasteiger partial charge in [-0.05, 0) is 75.9 Å². The van der Waals surface area contributed by atoms with Crippen LogP contribution in [0.25, 0.3) is 0 Å². The summed E-state index contributed by atoms with van der Waals surface area (Å²) >= 11 is 3.39. The Labute approximate surface area is 225 Å². The zero-order valence-electron chi connectivity index (χ0n) is 22.6. The van der Waals surface area contributed by atoms with Gasteiger partial charge < -0.3 is 28.9 Å². The molecule has 3 aliphatic heterocycles. The molecule has 8 nitrogen and oxygen atoms in total. The smallest absolute Gasteiger partial charge is 0.399 e. The van der Waals surface area contributed by atoms with Crippen LogP contribution >= 0.6 is 15.9 Å². The molecule has 0 aromatic carbocycles. The number of pyridine rings is 2. The summed E-state index contributed by atoms with van der Waals surface area (Å²) in [6, 6.07) is 8.25. The molecule has 0 aliphatic carbocycles. The highest BCUT2D eigenvalue weighted by atomic mass is 79.9. The van der Waals surface area contributed by atoms with Gasteiger partial charge in [0.05, 0.1) is 11.2 Å². The van der Waals surface area contributed by atoms with Crippen LogP contribution in [-0.2, 0) is 9.31 Å². The fraction of sp³-hybridized carbons (Fsp3) is 0.615. The van der Waals surface area contributed by atoms with E-state index in [9.17, 15) is 0 Å². The zero-order chi connectivity index (χ0) is 25.9. The Bertz CT molecular complexity index is 959. The molecule has 0 radical (unpaired) electrons. The van der Waals surface area contributed by atoms with Crippen molar-refractivity contribution in [2.45, 2.75) is 38.9 Å². The average molecular weight is 559 g/mol. The highest BCUT2D eigenvalue weighted by Gasteiger charge is 2.51. The van der Waals surface area contributed by atoms with E-state index in [1.807, 2.05) is 18.5 Å². The molecule has 196 valence electrons. The van der Waals surface area contributed by atoms with Gasteiger partial charge in [0.2, 0.25) is 0 Å². The molecule has 0 spiro atoms. The largest absolute Gasteiger partial charge is 0.496 e. The summed E-state index contributed by atoms with van der Waals surface area (Å²) in [5, 5.41) is 0. The topological polar surface area (TPSA) is 57.2 Å². The number of rotatable bonds is 3. The molecule has 3 saturated heterocycles. The molecule has 5 heterocycles. The third-order valence-electron chi connectivity index (χ3n) is 7.66. The molecule has 0 atom stereocenters. The highest BCUT2D eigenvalue weighted by Crippen LogP contribution is 2.36. The van der Waals surface area contributed by atoms with E-state index in [0.29, 0.717) is 0 Å². The predicted molar refractivity (Wildman–Crippen MR) is 151 cm³/mol. The van der Waals surface area contributed by atoms with E-state index in [0.717, 1.165) is 73.9 Å². The lowest BCUT2D eigenvalue weighted by Crippen LogP contribution is -2.45. The van der Waals surface area contributed by atoms with Crippen LogP contribution in [0, 0.1) is 0 Å². The predicted octanol–water partition coefficient (Wildman–Crippen LogP) is 2.73. The molecule has 3 fully saturated rings. The molecular formula is C26H40BBrN6O2. The molecule has 10 heteroatoms. The van der Waals surface area contributed by atoms with Gasteiger partial charge in [-0.15, -0.1) is 0 Å². The summed E-state index contributed by atoms with van der Waals surface area (Å²) in [7, 11) is 3.98. The van der Waals surface area contributed by atoms with Crippen molar-refractivity contribution in [2.75, 3.05) is 76.3 Å². The number of hydrogen-bond acceptors (Lipinski definition) is 8. The van der Waals surface area contributed by atoms with Gasteiger partial charge in [-0.1, -0.05) is 6.07 Å². The van der Waals surface area contributed by atoms with E-state index in [1.165, 1.54) is 0 Å². The molecule has 0 unspecified atom stereocenters. The van der Waals surface area contributed by atoms with Crippen molar-refractivity contribution in [1.29, 1.82) is 0 Å². The number of hydrogen-bond donors (Lipinski definition) is 0. The summed E-state index contributed by atoms with van der Waals surface area (Å²) in [5.41, 5.74) is 0.359. The number of aromatic nitrogens is 2. The van der Waals surface area contributed by atoms with E-state index in [2.05, 4.69) is 105 Å². The van der Waals surface area contributed by atoms with Crippen LogP contribution in [0.2, 0.25) is 0 Å². The van der Waals surface area contributed by atoms with Crippen molar-refractivity contribution in [1.82, 2.24) is 19.8 Å². The molecule has 3 aliphatic rings. The highest BCUT2D eigenvalue weighted by molar-refractivity contribution is 9.10. The van der Waals surface area contributed by atoms with E-state index in [1.54, 1.807) is 0 Å². The van der Waals surface area contributed by atoms with Crippen molar-refractivity contribution in [2.24, 2.45) is 0 Å². The van der Waals surface area contributed by atoms with E-state index in [4.69, 9.17) is 9.31 Å². The standard InChI is InChI=1S/C16H26BN3O2.C10H14BrN3/c1-15(2)16(3,4)22-17(21-15)13-6-7-14(18-12-13)20-10-8-19(5)9-11-20;1-13-4-6-14(7-5-13)10-3-2-9(11)8-12-10/h6-7,12H,8-11H2,1-5H3;2-3,8H,4-7H2,1H3. The summed E-state index contributed by atoms with van der Waals surface area (Å²) in [6.07, 6.45) is 3.74. The Kier molecular flexibility index (Phi) is 8.62. The maximum Gasteiger partial charge on any atom is 0.496 e. The van der Waals surface area contributed by atoms with E-state index >= 15 is 0 Å². The van der Waals surface area contributed by atoms with Crippen molar-refractivity contribution < 1.29 is 9.31 Å². The van der Waals surface area contributed by atoms with Crippen LogP contribution in [0.1, 0.15) is 27.7 Å². The molecule has 2 aromatic rings. The van der Waals surface area contributed by atoms with Crippen molar-refractivity contribution in [3.05, 3.63) is 41.1 Å². The fourth-order valence-corrected chi connectivity index (χ4v) is 4.56. The first-order valence-corrected chi connectivity index (χ1v) is 13.6. The normalized spacial score (nSPS) is 22.4. The molecule has 0 amide bonds. The molecular weight excluding hydrogens is 519 g/mol. The first-order chi connectivity index (χ1) is 17.0. The lowest BCUT2D eigenvalue weighted by Gasteiger charge is -2.33. The molecule has 0 bridgehead atoms. The van der Waals surface area contributed by atoms with Crippen molar-refractivity contribution in [3.63, 3.8) is 0 Å². The number of likely N-dealkylation sites (N-methyl/N-ethyl adjacent to an activating group) is 2. The number of anilines is 2. The van der Waals surface area contributed by atoms with Crippen LogP contribution in [0.4, 0.5) is 11.6 Å². The number of nitrogens with zero attached hydrogens (tertiary/aromatic N) is 6. The minimum absolute atomic E-state index is 0.312. The molecule has 36 heavy (non-hydrogen) atoms. The van der Waals surface area contributed by atoms with Gasteiger partial charge in [0, 0.05) is 74.7 Å². The Morgan fingerprint density at radius 3 is 1.53 bits per heavy atom. The van der Waals surface area contributed by atoms with Gasteiger partial charge >= 0.3 is 7.12 Å². The third-order valence-corrected chi connectivity index (χ3v) is 8.13. The lowest BCUT2D eigenvalue weighted by atomic mass is 9.80. The molecule has 5 rings (SSSR count). The van der Waals surface area contributed by atoms with Crippen LogP contribution in [0.15, 0.2) is 41.1 Å². The van der Waals surface area contributed by atoms with Crippen LogP contribution in [-0.4, -0.2) is 105 Å². The zero-order valence-corrected chi connectivity index (χ0v) is 24.2. The monoisotopic (exact) mass is 558 g/mol. The molecule has 0 saturated carbocycles. The number of halogens is 1. The Morgan fingerprint density at radius 2 is 1.14 bits per heavy atom. The molecule has 2 aromatic heterocycles. The lowest BCUT2D eigenvalue weighted by molar-refractivity contribution is 0.00578. The Hall–Kier alpha value is -1.72. The molecule has 0 N–H and O–H groups in total. The Morgan fingerprint density at radius 1 is 0.694 bits per heavy atom. The minimum Gasteiger partial charge on any atom is -0.399 e. The first-order valence-electron chi connectivity index (χ1n) is 12.8. The van der Waals surface area contributed by atoms with Gasteiger partial charge in [0.1, 0.15) is 11.6 Å². The summed E-state index contributed by atoms with van der Waals surface area (Å²) < 4.78 is 13.2. The third kappa shape index (κ3) is 6.58. The van der Waals surface area contributed by atoms with Crippen LogP contribution < -0.4 is 15.3 Å². The minimum atomic E-state index is -0.334. The summed E-state index contributed by atoms with van der Waals surface area (Å²) in [4.78, 5) is 18.3. The summed E-state index contributed by atoms with van der Waals surface area (Å²) in [5.74, 6) is 2.12. The summed E-state index contributed by atoms with van der Waals surface area (Å²) in [6.45, 7) is 16.9. The van der Waals surface area contributed by atoms with Gasteiger partial charge in [0.25, 0.3) is 0 Å². The second-order valence-electron chi connectivity index (χ2n) is 11.0. The van der Waals surface area contributed by atoms with Crippen LogP contribution in [0.3, 0.4) is 0 Å². The van der Waals surface area contributed by atoms with Gasteiger partial charge in [-0.2, -0.15) is 0 Å². The Balaban J connectivity index is 0.000000187. The van der Waals surface area contributed by atoms with Crippen molar-refractivity contribution >= 4 is 40.1 Å².